The molecule has 1 aliphatic heterocycles. The second-order valence-electron chi connectivity index (χ2n) is 4.25. The second kappa shape index (κ2) is 4.89. The molecule has 16 heavy (non-hydrogen) atoms. The van der Waals surface area contributed by atoms with Gasteiger partial charge in [0.1, 0.15) is 0 Å². The molecule has 0 bridgehead atoms. The lowest BCUT2D eigenvalue weighted by Gasteiger charge is -2.29. The maximum Gasteiger partial charge on any atom is 0.159 e. The number of halogens is 2. The van der Waals surface area contributed by atoms with Gasteiger partial charge in [0.15, 0.2) is 11.6 Å². The largest absolute Gasteiger partial charge is 0.396 e. The average Bonchev–Trinajstić information content (AvgIpc) is 2.33. The van der Waals surface area contributed by atoms with E-state index >= 15 is 0 Å². The molecule has 2 atom stereocenters. The Hall–Kier alpha value is -1.00. The van der Waals surface area contributed by atoms with E-state index in [0.717, 1.165) is 31.0 Å². The van der Waals surface area contributed by atoms with Crippen molar-refractivity contribution in [1.29, 1.82) is 0 Å². The summed E-state index contributed by atoms with van der Waals surface area (Å²) in [6, 6.07) is 3.98. The molecule has 0 aliphatic carbocycles. The minimum Gasteiger partial charge on any atom is -0.396 e. The molecule has 4 heteroatoms. The van der Waals surface area contributed by atoms with Crippen molar-refractivity contribution in [3.63, 3.8) is 0 Å². The molecule has 0 saturated carbocycles. The Morgan fingerprint density at radius 2 is 2.12 bits per heavy atom. The van der Waals surface area contributed by atoms with Crippen molar-refractivity contribution >= 4 is 0 Å². The van der Waals surface area contributed by atoms with Crippen LogP contribution in [0.4, 0.5) is 8.78 Å². The first kappa shape index (κ1) is 11.5. The number of hydrogen-bond donors (Lipinski definition) is 2. The van der Waals surface area contributed by atoms with E-state index in [2.05, 4.69) is 5.32 Å². The van der Waals surface area contributed by atoms with Crippen LogP contribution in [0.2, 0.25) is 0 Å². The monoisotopic (exact) mass is 227 g/mol. The lowest BCUT2D eigenvalue weighted by atomic mass is 9.89. The van der Waals surface area contributed by atoms with Crippen molar-refractivity contribution < 1.29 is 13.9 Å². The van der Waals surface area contributed by atoms with Gasteiger partial charge in [-0.3, -0.25) is 0 Å². The summed E-state index contributed by atoms with van der Waals surface area (Å²) in [6.07, 6.45) is 1.69. The molecule has 1 aliphatic rings. The molecule has 1 fully saturated rings. The zero-order valence-corrected chi connectivity index (χ0v) is 8.92. The van der Waals surface area contributed by atoms with Crippen LogP contribution in [0, 0.1) is 17.6 Å². The van der Waals surface area contributed by atoms with Gasteiger partial charge in [-0.25, -0.2) is 8.78 Å². The quantitative estimate of drug-likeness (QED) is 0.810. The van der Waals surface area contributed by atoms with E-state index in [0.29, 0.717) is 0 Å². The third-order valence-corrected chi connectivity index (χ3v) is 3.12. The molecule has 0 aromatic heterocycles. The predicted molar refractivity (Wildman–Crippen MR) is 56.9 cm³/mol. The number of nitrogens with one attached hydrogen (secondary N) is 1. The fourth-order valence-electron chi connectivity index (χ4n) is 2.15. The highest BCUT2D eigenvalue weighted by atomic mass is 19.2. The van der Waals surface area contributed by atoms with Gasteiger partial charge in [0.2, 0.25) is 0 Å². The molecule has 2 unspecified atom stereocenters. The number of rotatable bonds is 2. The maximum atomic E-state index is 13.1. The molecular weight excluding hydrogens is 212 g/mol. The van der Waals surface area contributed by atoms with Crippen LogP contribution in [0.25, 0.3) is 0 Å². The molecule has 1 aromatic carbocycles. The van der Waals surface area contributed by atoms with Crippen molar-refractivity contribution in [2.24, 2.45) is 5.92 Å². The summed E-state index contributed by atoms with van der Waals surface area (Å²) in [7, 11) is 0. The maximum absolute atomic E-state index is 13.1. The smallest absolute Gasteiger partial charge is 0.159 e. The first-order valence-corrected chi connectivity index (χ1v) is 5.50. The Morgan fingerprint density at radius 1 is 1.31 bits per heavy atom. The van der Waals surface area contributed by atoms with E-state index in [-0.39, 0.29) is 18.6 Å². The first-order valence-electron chi connectivity index (χ1n) is 5.50. The molecule has 88 valence electrons. The molecule has 1 aromatic rings. The highest BCUT2D eigenvalue weighted by Crippen LogP contribution is 2.27. The van der Waals surface area contributed by atoms with E-state index < -0.39 is 11.6 Å². The molecule has 0 spiro atoms. The second-order valence-corrected chi connectivity index (χ2v) is 4.25. The van der Waals surface area contributed by atoms with Crippen molar-refractivity contribution in [2.75, 3.05) is 13.2 Å². The minimum atomic E-state index is -0.821. The lowest BCUT2D eigenvalue weighted by molar-refractivity contribution is 0.176. The molecule has 2 N–H and O–H groups in total. The molecule has 1 heterocycles. The lowest BCUT2D eigenvalue weighted by Crippen LogP contribution is -2.33. The van der Waals surface area contributed by atoms with Gasteiger partial charge in [-0.15, -0.1) is 0 Å². The van der Waals surface area contributed by atoms with Crippen molar-refractivity contribution in [3.05, 3.63) is 35.4 Å². The topological polar surface area (TPSA) is 32.3 Å². The van der Waals surface area contributed by atoms with Crippen LogP contribution in [0.15, 0.2) is 18.2 Å². The van der Waals surface area contributed by atoms with Gasteiger partial charge in [-0.1, -0.05) is 6.07 Å². The average molecular weight is 227 g/mol. The van der Waals surface area contributed by atoms with Gasteiger partial charge in [-0.05, 0) is 43.0 Å². The summed E-state index contributed by atoms with van der Waals surface area (Å²) in [5.41, 5.74) is 0.747. The van der Waals surface area contributed by atoms with Gasteiger partial charge in [0.05, 0.1) is 0 Å². The summed E-state index contributed by atoms with van der Waals surface area (Å²) in [5.74, 6) is -1.39. The van der Waals surface area contributed by atoms with E-state index in [4.69, 9.17) is 5.11 Å². The van der Waals surface area contributed by atoms with E-state index in [1.54, 1.807) is 6.07 Å². The molecular formula is C12H15F2NO. The van der Waals surface area contributed by atoms with Gasteiger partial charge in [0, 0.05) is 12.6 Å². The summed E-state index contributed by atoms with van der Waals surface area (Å²) in [6.45, 7) is 0.955. The minimum absolute atomic E-state index is 0.0148. The summed E-state index contributed by atoms with van der Waals surface area (Å²) >= 11 is 0. The van der Waals surface area contributed by atoms with E-state index in [1.165, 1.54) is 6.07 Å². The number of piperidine rings is 1. The highest BCUT2D eigenvalue weighted by Gasteiger charge is 2.22. The Kier molecular flexibility index (Phi) is 3.51. The van der Waals surface area contributed by atoms with Crippen LogP contribution in [0.5, 0.6) is 0 Å². The zero-order valence-electron chi connectivity index (χ0n) is 8.92. The van der Waals surface area contributed by atoms with E-state index in [9.17, 15) is 8.78 Å². The normalized spacial score (nSPS) is 25.7. The molecule has 0 radical (unpaired) electrons. The zero-order chi connectivity index (χ0) is 11.5. The highest BCUT2D eigenvalue weighted by molar-refractivity contribution is 5.21. The number of hydrogen-bond acceptors (Lipinski definition) is 2. The fourth-order valence-corrected chi connectivity index (χ4v) is 2.15. The van der Waals surface area contributed by atoms with Crippen LogP contribution in [0.1, 0.15) is 24.4 Å². The molecule has 2 nitrogen and oxygen atoms in total. The van der Waals surface area contributed by atoms with Gasteiger partial charge >= 0.3 is 0 Å². The van der Waals surface area contributed by atoms with Gasteiger partial charge in [-0.2, -0.15) is 0 Å². The SMILES string of the molecule is OCC1CCNC(c2ccc(F)c(F)c2)C1. The third-order valence-electron chi connectivity index (χ3n) is 3.12. The van der Waals surface area contributed by atoms with Crippen molar-refractivity contribution in [1.82, 2.24) is 5.32 Å². The summed E-state index contributed by atoms with van der Waals surface area (Å²) in [5, 5.41) is 12.3. The number of benzene rings is 1. The Labute approximate surface area is 93.3 Å². The van der Waals surface area contributed by atoms with Crippen LogP contribution in [-0.2, 0) is 0 Å². The number of aliphatic hydroxyl groups excluding tert-OH is 1. The third kappa shape index (κ3) is 2.39. The van der Waals surface area contributed by atoms with Crippen LogP contribution >= 0.6 is 0 Å². The summed E-state index contributed by atoms with van der Waals surface area (Å²) in [4.78, 5) is 0. The Balaban J connectivity index is 2.13. The molecule has 1 saturated heterocycles. The number of aliphatic hydroxyl groups is 1. The van der Waals surface area contributed by atoms with Crippen LogP contribution in [-0.4, -0.2) is 18.3 Å². The van der Waals surface area contributed by atoms with Gasteiger partial charge in [0.25, 0.3) is 0 Å². The van der Waals surface area contributed by atoms with Crippen molar-refractivity contribution in [3.8, 4) is 0 Å². The Morgan fingerprint density at radius 3 is 2.81 bits per heavy atom. The van der Waals surface area contributed by atoms with Crippen molar-refractivity contribution in [2.45, 2.75) is 18.9 Å². The fraction of sp³-hybridized carbons (Fsp3) is 0.500. The van der Waals surface area contributed by atoms with Crippen LogP contribution in [0.3, 0.4) is 0 Å². The predicted octanol–water partition coefficient (Wildman–Crippen LogP) is 2.00. The van der Waals surface area contributed by atoms with E-state index in [1.807, 2.05) is 0 Å². The molecule has 2 rings (SSSR count). The Bertz CT molecular complexity index is 370. The van der Waals surface area contributed by atoms with Crippen LogP contribution < -0.4 is 5.32 Å². The molecule has 0 amide bonds. The van der Waals surface area contributed by atoms with Gasteiger partial charge < -0.3 is 10.4 Å². The first-order chi connectivity index (χ1) is 7.70. The summed E-state index contributed by atoms with van der Waals surface area (Å²) < 4.78 is 25.8. The standard InChI is InChI=1S/C12H15F2NO/c13-10-2-1-9(6-11(10)14)12-5-8(7-16)3-4-15-12/h1-2,6,8,12,15-16H,3-5,7H2.